The van der Waals surface area contributed by atoms with Gasteiger partial charge in [-0.05, 0) is 60.2 Å². The highest BCUT2D eigenvalue weighted by Crippen LogP contribution is 2.28. The maximum atomic E-state index is 13.3. The van der Waals surface area contributed by atoms with Crippen molar-refractivity contribution in [2.75, 3.05) is 19.1 Å². The number of carbonyl (C=O) groups excluding carboxylic acids is 2. The number of amidine groups is 1. The van der Waals surface area contributed by atoms with Crippen LogP contribution in [0.1, 0.15) is 21.5 Å². The third-order valence-corrected chi connectivity index (χ3v) is 4.86. The molecule has 0 saturated carbocycles. The van der Waals surface area contributed by atoms with Crippen LogP contribution >= 0.6 is 0 Å². The molecule has 3 aromatic rings. The first-order valence-corrected chi connectivity index (χ1v) is 9.63. The van der Waals surface area contributed by atoms with Crippen molar-refractivity contribution < 1.29 is 19.1 Å². The summed E-state index contributed by atoms with van der Waals surface area (Å²) in [6.45, 7) is 0. The van der Waals surface area contributed by atoms with Gasteiger partial charge in [0.05, 0.1) is 25.5 Å². The highest BCUT2D eigenvalue weighted by Gasteiger charge is 2.32. The maximum absolute atomic E-state index is 13.3. The molecule has 31 heavy (non-hydrogen) atoms. The number of nitrogens with zero attached hydrogens (tertiary/aromatic N) is 2. The van der Waals surface area contributed by atoms with Crippen molar-refractivity contribution in [2.45, 2.75) is 0 Å². The molecule has 1 amide bonds. The van der Waals surface area contributed by atoms with Crippen LogP contribution in [-0.4, -0.2) is 31.9 Å². The van der Waals surface area contributed by atoms with Crippen molar-refractivity contribution in [2.24, 2.45) is 4.99 Å². The fourth-order valence-electron chi connectivity index (χ4n) is 3.26. The lowest BCUT2D eigenvalue weighted by molar-refractivity contribution is -0.113. The van der Waals surface area contributed by atoms with Crippen LogP contribution in [0, 0.1) is 0 Å². The van der Waals surface area contributed by atoms with Gasteiger partial charge >= 0.3 is 5.97 Å². The number of aliphatic imine (C=N–C) groups is 1. The van der Waals surface area contributed by atoms with Crippen molar-refractivity contribution in [1.29, 1.82) is 0 Å². The molecule has 3 aromatic carbocycles. The molecule has 0 unspecified atom stereocenters. The van der Waals surface area contributed by atoms with E-state index in [1.165, 1.54) is 7.11 Å². The van der Waals surface area contributed by atoms with Crippen molar-refractivity contribution in [3.8, 4) is 5.75 Å². The predicted molar refractivity (Wildman–Crippen MR) is 119 cm³/mol. The summed E-state index contributed by atoms with van der Waals surface area (Å²) < 4.78 is 9.96. The summed E-state index contributed by atoms with van der Waals surface area (Å²) in [5.74, 6) is 0.623. The van der Waals surface area contributed by atoms with Gasteiger partial charge in [-0.15, -0.1) is 0 Å². The molecule has 1 aliphatic rings. The van der Waals surface area contributed by atoms with Gasteiger partial charge in [0, 0.05) is 5.56 Å². The SMILES string of the molecule is COC(=O)c1ccc(/C=C2/N=C(c3ccc(OC)cc3)N(c3ccccc3)C2=O)cc1. The third-order valence-electron chi connectivity index (χ3n) is 4.86. The van der Waals surface area contributed by atoms with Crippen LogP contribution in [-0.2, 0) is 9.53 Å². The van der Waals surface area contributed by atoms with Crippen LogP contribution in [0.3, 0.4) is 0 Å². The lowest BCUT2D eigenvalue weighted by atomic mass is 10.1. The second-order valence-electron chi connectivity index (χ2n) is 6.78. The summed E-state index contributed by atoms with van der Waals surface area (Å²) in [4.78, 5) is 31.2. The minimum Gasteiger partial charge on any atom is -0.497 e. The Morgan fingerprint density at radius 3 is 2.19 bits per heavy atom. The number of para-hydroxylation sites is 1. The Morgan fingerprint density at radius 2 is 1.58 bits per heavy atom. The molecule has 6 nitrogen and oxygen atoms in total. The first-order valence-electron chi connectivity index (χ1n) is 9.63. The van der Waals surface area contributed by atoms with Crippen LogP contribution in [0.4, 0.5) is 5.69 Å². The van der Waals surface area contributed by atoms with E-state index in [4.69, 9.17) is 9.47 Å². The quantitative estimate of drug-likeness (QED) is 0.462. The first kappa shape index (κ1) is 20.1. The van der Waals surface area contributed by atoms with Gasteiger partial charge in [-0.25, -0.2) is 9.79 Å². The largest absolute Gasteiger partial charge is 0.497 e. The summed E-state index contributed by atoms with van der Waals surface area (Å²) in [6, 6.07) is 23.6. The van der Waals surface area contributed by atoms with Gasteiger partial charge in [0.2, 0.25) is 0 Å². The van der Waals surface area contributed by atoms with E-state index in [1.807, 2.05) is 54.6 Å². The van der Waals surface area contributed by atoms with E-state index in [2.05, 4.69) is 4.99 Å². The van der Waals surface area contributed by atoms with E-state index in [0.29, 0.717) is 17.1 Å². The predicted octanol–water partition coefficient (Wildman–Crippen LogP) is 4.32. The molecule has 6 heteroatoms. The Kier molecular flexibility index (Phi) is 5.62. The number of rotatable bonds is 5. The number of carbonyl (C=O) groups is 2. The molecule has 0 N–H and O–H groups in total. The lowest BCUT2D eigenvalue weighted by Gasteiger charge is -2.18. The van der Waals surface area contributed by atoms with Gasteiger partial charge in [-0.3, -0.25) is 9.69 Å². The zero-order valence-corrected chi connectivity index (χ0v) is 17.1. The number of hydrogen-bond donors (Lipinski definition) is 0. The second kappa shape index (κ2) is 8.67. The number of esters is 1. The Morgan fingerprint density at radius 1 is 0.903 bits per heavy atom. The minimum atomic E-state index is -0.411. The van der Waals surface area contributed by atoms with E-state index in [0.717, 1.165) is 22.6 Å². The van der Waals surface area contributed by atoms with E-state index in [-0.39, 0.29) is 5.91 Å². The zero-order chi connectivity index (χ0) is 21.8. The average Bonchev–Trinajstić information content (AvgIpc) is 3.15. The van der Waals surface area contributed by atoms with Gasteiger partial charge in [-0.2, -0.15) is 0 Å². The fraction of sp³-hybridized carbons (Fsp3) is 0.0800. The number of ether oxygens (including phenoxy) is 2. The molecule has 4 rings (SSSR count). The molecule has 0 aliphatic carbocycles. The molecule has 154 valence electrons. The van der Waals surface area contributed by atoms with Crippen LogP contribution in [0.2, 0.25) is 0 Å². The fourth-order valence-corrected chi connectivity index (χ4v) is 3.26. The number of amides is 1. The van der Waals surface area contributed by atoms with E-state index in [1.54, 1.807) is 42.4 Å². The van der Waals surface area contributed by atoms with Crippen LogP contribution in [0.5, 0.6) is 5.75 Å². The Labute approximate surface area is 180 Å². The minimum absolute atomic E-state index is 0.228. The first-order chi connectivity index (χ1) is 15.1. The topological polar surface area (TPSA) is 68.2 Å². The third kappa shape index (κ3) is 4.09. The summed E-state index contributed by atoms with van der Waals surface area (Å²) >= 11 is 0. The molecular weight excluding hydrogens is 392 g/mol. The van der Waals surface area contributed by atoms with Crippen molar-refractivity contribution in [3.63, 3.8) is 0 Å². The highest BCUT2D eigenvalue weighted by molar-refractivity contribution is 6.33. The summed E-state index contributed by atoms with van der Waals surface area (Å²) in [5.41, 5.74) is 3.02. The smallest absolute Gasteiger partial charge is 0.337 e. The van der Waals surface area contributed by atoms with Gasteiger partial charge in [0.25, 0.3) is 5.91 Å². The van der Waals surface area contributed by atoms with Crippen molar-refractivity contribution in [1.82, 2.24) is 0 Å². The van der Waals surface area contributed by atoms with Gasteiger partial charge in [0.1, 0.15) is 17.3 Å². The average molecular weight is 412 g/mol. The molecular formula is C25H20N2O4. The van der Waals surface area contributed by atoms with Gasteiger partial charge in [0.15, 0.2) is 0 Å². The summed E-state index contributed by atoms with van der Waals surface area (Å²) in [5, 5.41) is 0. The van der Waals surface area contributed by atoms with Gasteiger partial charge < -0.3 is 9.47 Å². The van der Waals surface area contributed by atoms with E-state index < -0.39 is 5.97 Å². The molecule has 0 radical (unpaired) electrons. The lowest BCUT2D eigenvalue weighted by Crippen LogP contribution is -2.32. The highest BCUT2D eigenvalue weighted by atomic mass is 16.5. The van der Waals surface area contributed by atoms with Crippen LogP contribution < -0.4 is 9.64 Å². The van der Waals surface area contributed by atoms with Crippen LogP contribution in [0.15, 0.2) is 89.6 Å². The molecule has 0 fully saturated rings. The zero-order valence-electron chi connectivity index (χ0n) is 17.1. The van der Waals surface area contributed by atoms with Crippen molar-refractivity contribution >= 4 is 29.5 Å². The number of methoxy groups -OCH3 is 2. The number of benzene rings is 3. The van der Waals surface area contributed by atoms with E-state index >= 15 is 0 Å². The summed E-state index contributed by atoms with van der Waals surface area (Å²) in [6.07, 6.45) is 1.70. The van der Waals surface area contributed by atoms with Crippen molar-refractivity contribution in [3.05, 3.63) is 101 Å². The molecule has 0 spiro atoms. The molecule has 0 aromatic heterocycles. The molecule has 0 bridgehead atoms. The van der Waals surface area contributed by atoms with Crippen LogP contribution in [0.25, 0.3) is 6.08 Å². The monoisotopic (exact) mass is 412 g/mol. The number of hydrogen-bond acceptors (Lipinski definition) is 5. The molecule has 0 saturated heterocycles. The second-order valence-corrected chi connectivity index (χ2v) is 6.78. The summed E-state index contributed by atoms with van der Waals surface area (Å²) in [7, 11) is 2.94. The Balaban J connectivity index is 1.74. The number of anilines is 1. The van der Waals surface area contributed by atoms with E-state index in [9.17, 15) is 9.59 Å². The molecule has 0 atom stereocenters. The van der Waals surface area contributed by atoms with Gasteiger partial charge in [-0.1, -0.05) is 30.3 Å². The maximum Gasteiger partial charge on any atom is 0.337 e. The molecule has 1 aliphatic heterocycles. The normalized spacial score (nSPS) is 14.5. The standard InChI is InChI=1S/C25H20N2O4/c1-30-21-14-12-18(13-15-21)23-26-22(24(28)27(23)20-6-4-3-5-7-20)16-17-8-10-19(11-9-17)25(29)31-2/h3-16H,1-2H3/b22-16+. The Bertz CT molecular complexity index is 1160. The Hall–Kier alpha value is -4.19. The molecule has 1 heterocycles.